The van der Waals surface area contributed by atoms with Crippen molar-refractivity contribution >= 4 is 21.6 Å². The van der Waals surface area contributed by atoms with Crippen LogP contribution < -0.4 is 15.8 Å². The van der Waals surface area contributed by atoms with Crippen LogP contribution in [-0.4, -0.2) is 14.3 Å². The van der Waals surface area contributed by atoms with Gasteiger partial charge in [0.25, 0.3) is 5.91 Å². The van der Waals surface area contributed by atoms with Gasteiger partial charge in [0.2, 0.25) is 10.0 Å². The zero-order valence-corrected chi connectivity index (χ0v) is 18.2. The van der Waals surface area contributed by atoms with Crippen LogP contribution in [0.2, 0.25) is 0 Å². The number of nitrogens with two attached hydrogens (primary N) is 1. The van der Waals surface area contributed by atoms with Crippen LogP contribution >= 0.6 is 0 Å². The summed E-state index contributed by atoms with van der Waals surface area (Å²) in [6.07, 6.45) is 6.88. The number of carbonyl (C=O) groups excluding carboxylic acids is 1. The number of sulfonamides is 1. The number of rotatable bonds is 7. The molecule has 3 rings (SSSR count). The van der Waals surface area contributed by atoms with E-state index in [-0.39, 0.29) is 16.5 Å². The van der Waals surface area contributed by atoms with Gasteiger partial charge in [-0.2, -0.15) is 5.26 Å². The lowest BCUT2D eigenvalue weighted by Gasteiger charge is -2.21. The normalized spacial score (nSPS) is 14.8. The second-order valence-electron chi connectivity index (χ2n) is 7.56. The van der Waals surface area contributed by atoms with E-state index >= 15 is 0 Å². The molecule has 0 bridgehead atoms. The lowest BCUT2D eigenvalue weighted by atomic mass is 9.89. The van der Waals surface area contributed by atoms with Crippen LogP contribution in [0.25, 0.3) is 0 Å². The molecule has 0 saturated heterocycles. The second kappa shape index (κ2) is 9.77. The van der Waals surface area contributed by atoms with Crippen LogP contribution in [0.3, 0.4) is 0 Å². The molecule has 0 heterocycles. The van der Waals surface area contributed by atoms with E-state index in [0.29, 0.717) is 5.69 Å². The van der Waals surface area contributed by atoms with E-state index in [2.05, 4.69) is 28.8 Å². The lowest BCUT2D eigenvalue weighted by molar-refractivity contribution is -0.112. The fourth-order valence-electron chi connectivity index (χ4n) is 3.68. The number of primary sulfonamides is 1. The number of fused-ring (bicyclic) bond motifs is 1. The number of nitrogens with zero attached hydrogens (tertiary/aromatic N) is 1. The maximum atomic E-state index is 12.5. The molecule has 0 fully saturated rings. The van der Waals surface area contributed by atoms with Crippen LogP contribution in [0.4, 0.5) is 5.69 Å². The van der Waals surface area contributed by atoms with Crippen molar-refractivity contribution in [2.75, 3.05) is 5.32 Å². The molecule has 1 aliphatic carbocycles. The first kappa shape index (κ1) is 22.5. The largest absolute Gasteiger partial charge is 0.383 e. The Morgan fingerprint density at radius 2 is 1.84 bits per heavy atom. The molecule has 162 valence electrons. The SMILES string of the molecule is CCC(N/C=C(/C#N)C(=O)Nc1ccc(S(N)(=O)=O)cc1)c1ccc2c(c1)CCCC2. The summed E-state index contributed by atoms with van der Waals surface area (Å²) in [4.78, 5) is 12.4. The summed E-state index contributed by atoms with van der Waals surface area (Å²) in [6, 6.07) is 13.8. The summed E-state index contributed by atoms with van der Waals surface area (Å²) in [5.74, 6) is -0.585. The van der Waals surface area contributed by atoms with Crippen molar-refractivity contribution < 1.29 is 13.2 Å². The highest BCUT2D eigenvalue weighted by atomic mass is 32.2. The van der Waals surface area contributed by atoms with E-state index in [9.17, 15) is 18.5 Å². The Bertz CT molecular complexity index is 1130. The Labute approximate surface area is 183 Å². The molecular weight excluding hydrogens is 412 g/mol. The molecule has 1 amide bonds. The number of anilines is 1. The quantitative estimate of drug-likeness (QED) is 0.452. The third-order valence-corrected chi connectivity index (χ3v) is 6.35. The van der Waals surface area contributed by atoms with Gasteiger partial charge in [0, 0.05) is 11.9 Å². The number of benzene rings is 2. The fraction of sp³-hybridized carbons (Fsp3) is 0.304. The number of nitrogens with one attached hydrogen (secondary N) is 2. The van der Waals surface area contributed by atoms with E-state index in [1.54, 1.807) is 0 Å². The highest BCUT2D eigenvalue weighted by molar-refractivity contribution is 7.89. The van der Waals surface area contributed by atoms with E-state index in [4.69, 9.17) is 5.14 Å². The Morgan fingerprint density at radius 3 is 2.45 bits per heavy atom. The molecule has 1 aliphatic rings. The topological polar surface area (TPSA) is 125 Å². The minimum Gasteiger partial charge on any atom is -0.383 e. The summed E-state index contributed by atoms with van der Waals surface area (Å²) in [6.45, 7) is 2.05. The molecule has 1 unspecified atom stereocenters. The third-order valence-electron chi connectivity index (χ3n) is 5.42. The molecule has 7 nitrogen and oxygen atoms in total. The van der Waals surface area contributed by atoms with Gasteiger partial charge in [0.1, 0.15) is 11.6 Å². The van der Waals surface area contributed by atoms with Crippen molar-refractivity contribution in [1.82, 2.24) is 5.32 Å². The van der Waals surface area contributed by atoms with Crippen molar-refractivity contribution in [1.29, 1.82) is 5.26 Å². The number of carbonyl (C=O) groups is 1. The zero-order valence-electron chi connectivity index (χ0n) is 17.4. The molecule has 2 aromatic rings. The van der Waals surface area contributed by atoms with Crippen molar-refractivity contribution in [2.24, 2.45) is 5.14 Å². The fourth-order valence-corrected chi connectivity index (χ4v) is 4.19. The summed E-state index contributed by atoms with van der Waals surface area (Å²) in [5.41, 5.74) is 4.21. The van der Waals surface area contributed by atoms with Crippen LogP contribution in [0.15, 0.2) is 59.1 Å². The van der Waals surface area contributed by atoms with Crippen LogP contribution in [0.1, 0.15) is 48.9 Å². The van der Waals surface area contributed by atoms with Gasteiger partial charge in [0.05, 0.1) is 10.9 Å². The van der Waals surface area contributed by atoms with Gasteiger partial charge >= 0.3 is 0 Å². The lowest BCUT2D eigenvalue weighted by Crippen LogP contribution is -2.20. The smallest absolute Gasteiger partial charge is 0.267 e. The predicted molar refractivity (Wildman–Crippen MR) is 119 cm³/mol. The van der Waals surface area contributed by atoms with E-state index in [0.717, 1.165) is 24.8 Å². The van der Waals surface area contributed by atoms with Gasteiger partial charge in [-0.15, -0.1) is 0 Å². The average Bonchev–Trinajstić information content (AvgIpc) is 2.76. The van der Waals surface area contributed by atoms with Gasteiger partial charge < -0.3 is 10.6 Å². The van der Waals surface area contributed by atoms with Crippen molar-refractivity contribution in [3.63, 3.8) is 0 Å². The molecule has 2 aromatic carbocycles. The average molecular weight is 439 g/mol. The minimum absolute atomic E-state index is 0.0163. The second-order valence-corrected chi connectivity index (χ2v) is 9.12. The third kappa shape index (κ3) is 5.72. The van der Waals surface area contributed by atoms with E-state index in [1.165, 1.54) is 54.4 Å². The molecule has 0 aromatic heterocycles. The summed E-state index contributed by atoms with van der Waals surface area (Å²) in [5, 5.41) is 20.3. The van der Waals surface area contributed by atoms with Gasteiger partial charge in [-0.25, -0.2) is 13.6 Å². The van der Waals surface area contributed by atoms with Gasteiger partial charge in [0.15, 0.2) is 0 Å². The van der Waals surface area contributed by atoms with E-state index in [1.807, 2.05) is 13.0 Å². The minimum atomic E-state index is -3.81. The molecule has 0 aliphatic heterocycles. The number of hydrogen-bond donors (Lipinski definition) is 3. The summed E-state index contributed by atoms with van der Waals surface area (Å²) in [7, 11) is -3.81. The van der Waals surface area contributed by atoms with E-state index < -0.39 is 15.9 Å². The van der Waals surface area contributed by atoms with Crippen molar-refractivity contribution in [2.45, 2.75) is 50.0 Å². The summed E-state index contributed by atoms with van der Waals surface area (Å²) < 4.78 is 22.6. The maximum absolute atomic E-state index is 12.5. The molecular formula is C23H26N4O3S. The molecule has 4 N–H and O–H groups in total. The van der Waals surface area contributed by atoms with Gasteiger partial charge in [-0.1, -0.05) is 25.1 Å². The highest BCUT2D eigenvalue weighted by Crippen LogP contribution is 2.26. The van der Waals surface area contributed by atoms with Crippen LogP contribution in [0.5, 0.6) is 0 Å². The number of amides is 1. The highest BCUT2D eigenvalue weighted by Gasteiger charge is 2.15. The predicted octanol–water partition coefficient (Wildman–Crippen LogP) is 3.30. The number of nitriles is 1. The van der Waals surface area contributed by atoms with Crippen LogP contribution in [0, 0.1) is 11.3 Å². The standard InChI is InChI=1S/C23H26N4O3S/c1-2-22(18-8-7-16-5-3-4-6-17(16)13-18)26-15-19(14-24)23(28)27-20-9-11-21(12-10-20)31(25,29)30/h7-13,15,22,26H,2-6H2,1H3,(H,27,28)(H2,25,29,30)/b19-15-. The van der Waals surface area contributed by atoms with Crippen molar-refractivity contribution in [3.05, 3.63) is 70.9 Å². The molecule has 1 atom stereocenters. The first-order chi connectivity index (χ1) is 14.8. The monoisotopic (exact) mass is 438 g/mol. The number of hydrogen-bond acceptors (Lipinski definition) is 5. The van der Waals surface area contributed by atoms with Crippen molar-refractivity contribution in [3.8, 4) is 6.07 Å². The molecule has 8 heteroatoms. The Hall–Kier alpha value is -3.15. The zero-order chi connectivity index (χ0) is 22.4. The first-order valence-corrected chi connectivity index (χ1v) is 11.8. The van der Waals surface area contributed by atoms with Gasteiger partial charge in [-0.05, 0) is 73.1 Å². The Kier molecular flexibility index (Phi) is 7.10. The first-order valence-electron chi connectivity index (χ1n) is 10.2. The molecule has 0 spiro atoms. The molecule has 0 radical (unpaired) electrons. The van der Waals surface area contributed by atoms with Gasteiger partial charge in [-0.3, -0.25) is 4.79 Å². The Morgan fingerprint density at radius 1 is 1.16 bits per heavy atom. The molecule has 0 saturated carbocycles. The molecule has 31 heavy (non-hydrogen) atoms. The maximum Gasteiger partial charge on any atom is 0.267 e. The Balaban J connectivity index is 1.70. The van der Waals surface area contributed by atoms with Crippen LogP contribution in [-0.2, 0) is 27.7 Å². The number of aryl methyl sites for hydroxylation is 2. The summed E-state index contributed by atoms with van der Waals surface area (Å²) >= 11 is 0.